The lowest BCUT2D eigenvalue weighted by molar-refractivity contribution is -0.122. The van der Waals surface area contributed by atoms with Gasteiger partial charge in [0.2, 0.25) is 5.91 Å². The number of aromatic nitrogens is 4. The van der Waals surface area contributed by atoms with E-state index < -0.39 is 0 Å². The van der Waals surface area contributed by atoms with Crippen molar-refractivity contribution in [2.45, 2.75) is 45.4 Å². The van der Waals surface area contributed by atoms with E-state index in [9.17, 15) is 4.79 Å². The van der Waals surface area contributed by atoms with Gasteiger partial charge in [-0.25, -0.2) is 14.6 Å². The third kappa shape index (κ3) is 3.69. The Morgan fingerprint density at radius 3 is 2.52 bits per heavy atom. The summed E-state index contributed by atoms with van der Waals surface area (Å²) in [5.74, 6) is 2.54. The Hall–Kier alpha value is -2.96. The lowest BCUT2D eigenvalue weighted by Gasteiger charge is -2.10. The number of rotatable bonds is 7. The summed E-state index contributed by atoms with van der Waals surface area (Å²) in [4.78, 5) is 21.5. The third-order valence-electron chi connectivity index (χ3n) is 5.61. The van der Waals surface area contributed by atoms with Crippen molar-refractivity contribution in [3.8, 4) is 5.69 Å². The summed E-state index contributed by atoms with van der Waals surface area (Å²) in [6.45, 7) is 5.29. The fraction of sp³-hybridized carbons (Fsp3) is 0.455. The van der Waals surface area contributed by atoms with Crippen molar-refractivity contribution < 1.29 is 4.79 Å². The van der Waals surface area contributed by atoms with E-state index in [1.165, 1.54) is 5.56 Å². The van der Waals surface area contributed by atoms with Crippen LogP contribution in [-0.4, -0.2) is 38.7 Å². The molecule has 0 bridgehead atoms. The molecular formula is C22H26N6O. The van der Waals surface area contributed by atoms with Crippen LogP contribution in [0.15, 0.2) is 24.3 Å². The molecule has 2 aliphatic rings. The lowest BCUT2D eigenvalue weighted by atomic mass is 10.2. The zero-order chi connectivity index (χ0) is 20.0. The molecule has 2 aromatic heterocycles. The highest BCUT2D eigenvalue weighted by molar-refractivity contribution is 5.90. The van der Waals surface area contributed by atoms with Crippen LogP contribution in [0.2, 0.25) is 0 Å². The molecule has 0 saturated heterocycles. The summed E-state index contributed by atoms with van der Waals surface area (Å²) in [6, 6.07) is 8.31. The number of carbonyl (C=O) groups is 1. The zero-order valence-corrected chi connectivity index (χ0v) is 16.9. The van der Waals surface area contributed by atoms with E-state index >= 15 is 0 Å². The molecule has 1 amide bonds. The summed E-state index contributed by atoms with van der Waals surface area (Å²) in [5.41, 5.74) is 3.95. The first kappa shape index (κ1) is 18.1. The lowest BCUT2D eigenvalue weighted by Crippen LogP contribution is -2.30. The van der Waals surface area contributed by atoms with E-state index in [1.807, 2.05) is 11.6 Å². The second-order valence-corrected chi connectivity index (χ2v) is 8.23. The minimum absolute atomic E-state index is 0.168. The molecule has 0 atom stereocenters. The maximum absolute atomic E-state index is 11.8. The molecule has 29 heavy (non-hydrogen) atoms. The topological polar surface area (TPSA) is 84.7 Å². The smallest absolute Gasteiger partial charge is 0.223 e. The van der Waals surface area contributed by atoms with E-state index in [-0.39, 0.29) is 11.8 Å². The maximum Gasteiger partial charge on any atom is 0.223 e. The third-order valence-corrected chi connectivity index (χ3v) is 5.61. The summed E-state index contributed by atoms with van der Waals surface area (Å²) in [6.07, 6.45) is 4.32. The predicted molar refractivity (Wildman–Crippen MR) is 112 cm³/mol. The van der Waals surface area contributed by atoms with Crippen molar-refractivity contribution in [1.82, 2.24) is 25.1 Å². The Morgan fingerprint density at radius 2 is 1.83 bits per heavy atom. The van der Waals surface area contributed by atoms with Crippen molar-refractivity contribution in [1.29, 1.82) is 0 Å². The van der Waals surface area contributed by atoms with Crippen LogP contribution in [0.4, 0.5) is 5.82 Å². The van der Waals surface area contributed by atoms with Gasteiger partial charge in [-0.3, -0.25) is 4.79 Å². The fourth-order valence-corrected chi connectivity index (χ4v) is 3.57. The number of hydrogen-bond donors (Lipinski definition) is 2. The highest BCUT2D eigenvalue weighted by Crippen LogP contribution is 2.40. The summed E-state index contributed by atoms with van der Waals surface area (Å²) < 4.78 is 1.91. The van der Waals surface area contributed by atoms with Crippen LogP contribution in [0.1, 0.15) is 48.7 Å². The van der Waals surface area contributed by atoms with E-state index in [2.05, 4.69) is 41.8 Å². The Labute approximate surface area is 169 Å². The zero-order valence-electron chi connectivity index (χ0n) is 16.9. The van der Waals surface area contributed by atoms with Crippen LogP contribution in [0.25, 0.3) is 16.7 Å². The predicted octanol–water partition coefficient (Wildman–Crippen LogP) is 3.25. The van der Waals surface area contributed by atoms with E-state index in [4.69, 9.17) is 15.1 Å². The number of nitrogens with one attached hydrogen (secondary N) is 2. The minimum Gasteiger partial charge on any atom is -0.368 e. The summed E-state index contributed by atoms with van der Waals surface area (Å²) in [5, 5.41) is 12.1. The number of amides is 1. The minimum atomic E-state index is 0.168. The first-order valence-electron chi connectivity index (χ1n) is 10.5. The molecule has 7 nitrogen and oxygen atoms in total. The number of benzene rings is 1. The van der Waals surface area contributed by atoms with Crippen LogP contribution >= 0.6 is 0 Å². The van der Waals surface area contributed by atoms with Crippen LogP contribution < -0.4 is 10.6 Å². The number of nitrogens with zero attached hydrogens (tertiary/aromatic N) is 4. The average Bonchev–Trinajstić information content (AvgIpc) is 3.62. The normalized spacial score (nSPS) is 16.2. The Morgan fingerprint density at radius 1 is 1.07 bits per heavy atom. The first-order valence-corrected chi connectivity index (χ1v) is 10.5. The summed E-state index contributed by atoms with van der Waals surface area (Å²) in [7, 11) is 0. The molecular weight excluding hydrogens is 364 g/mol. The molecule has 7 heteroatoms. The molecule has 0 radical (unpaired) electrons. The van der Waals surface area contributed by atoms with Gasteiger partial charge in [0, 0.05) is 24.9 Å². The quantitative estimate of drug-likeness (QED) is 0.605. The Kier molecular flexibility index (Phi) is 4.45. The molecule has 2 fully saturated rings. The van der Waals surface area contributed by atoms with Crippen LogP contribution in [-0.2, 0) is 4.79 Å². The van der Waals surface area contributed by atoms with Gasteiger partial charge in [-0.15, -0.1) is 0 Å². The molecule has 1 aromatic carbocycles. The second kappa shape index (κ2) is 7.13. The molecule has 2 N–H and O–H groups in total. The van der Waals surface area contributed by atoms with Gasteiger partial charge in [0.25, 0.3) is 0 Å². The first-order chi connectivity index (χ1) is 14.1. The molecule has 150 valence electrons. The molecule has 2 heterocycles. The van der Waals surface area contributed by atoms with Gasteiger partial charge in [0.15, 0.2) is 5.65 Å². The Balaban J connectivity index is 1.45. The van der Waals surface area contributed by atoms with Gasteiger partial charge in [0.1, 0.15) is 11.6 Å². The number of aryl methyl sites for hydroxylation is 2. The van der Waals surface area contributed by atoms with Gasteiger partial charge in [-0.1, -0.05) is 17.7 Å². The number of fused-ring (bicyclic) bond motifs is 1. The number of anilines is 1. The molecule has 5 rings (SSSR count). The van der Waals surface area contributed by atoms with Gasteiger partial charge in [0.05, 0.1) is 16.8 Å². The fourth-order valence-electron chi connectivity index (χ4n) is 3.57. The van der Waals surface area contributed by atoms with Crippen molar-refractivity contribution in [3.05, 3.63) is 41.3 Å². The molecule has 2 aliphatic carbocycles. The standard InChI is InChI=1S/C22H26N6O/c1-13-3-9-17(10-4-13)28-21-18(14(2)27-28)20(25-19(26-21)15-5-6-15)23-11-12-24-22(29)16-7-8-16/h3-4,9-10,15-16H,5-8,11-12H2,1-2H3,(H,24,29)(H,23,25,26). The second-order valence-electron chi connectivity index (χ2n) is 8.23. The van der Waals surface area contributed by atoms with Crippen LogP contribution in [0.5, 0.6) is 0 Å². The molecule has 3 aromatic rings. The number of hydrogen-bond acceptors (Lipinski definition) is 5. The summed E-state index contributed by atoms with van der Waals surface area (Å²) >= 11 is 0. The maximum atomic E-state index is 11.8. The molecule has 0 unspecified atom stereocenters. The van der Waals surface area contributed by atoms with Gasteiger partial charge >= 0.3 is 0 Å². The molecule has 2 saturated carbocycles. The van der Waals surface area contributed by atoms with Crippen molar-refractivity contribution in [3.63, 3.8) is 0 Å². The van der Waals surface area contributed by atoms with E-state index in [0.717, 1.165) is 59.7 Å². The highest BCUT2D eigenvalue weighted by atomic mass is 16.2. The average molecular weight is 390 g/mol. The van der Waals surface area contributed by atoms with Crippen LogP contribution in [0.3, 0.4) is 0 Å². The van der Waals surface area contributed by atoms with Crippen molar-refractivity contribution in [2.75, 3.05) is 18.4 Å². The van der Waals surface area contributed by atoms with Gasteiger partial charge < -0.3 is 10.6 Å². The van der Waals surface area contributed by atoms with E-state index in [1.54, 1.807) is 0 Å². The van der Waals surface area contributed by atoms with Crippen molar-refractivity contribution in [2.24, 2.45) is 5.92 Å². The number of carbonyl (C=O) groups excluding carboxylic acids is 1. The molecule has 0 spiro atoms. The molecule has 0 aliphatic heterocycles. The van der Waals surface area contributed by atoms with Crippen LogP contribution in [0, 0.1) is 19.8 Å². The monoisotopic (exact) mass is 390 g/mol. The van der Waals surface area contributed by atoms with E-state index in [0.29, 0.717) is 19.0 Å². The van der Waals surface area contributed by atoms with Gasteiger partial charge in [-0.05, 0) is 51.7 Å². The van der Waals surface area contributed by atoms with Gasteiger partial charge in [-0.2, -0.15) is 5.10 Å². The Bertz CT molecular complexity index is 1060. The highest BCUT2D eigenvalue weighted by Gasteiger charge is 2.30. The SMILES string of the molecule is Cc1ccc(-n2nc(C)c3c(NCCNC(=O)C4CC4)nc(C4CC4)nc32)cc1. The largest absolute Gasteiger partial charge is 0.368 e. The van der Waals surface area contributed by atoms with Crippen molar-refractivity contribution >= 4 is 22.8 Å².